The van der Waals surface area contributed by atoms with Crippen LogP contribution in [0.4, 0.5) is 4.79 Å². The van der Waals surface area contributed by atoms with Gasteiger partial charge in [0.2, 0.25) is 0 Å². The number of aromatic carboxylic acids is 1. The molecule has 5 nitrogen and oxygen atoms in total. The van der Waals surface area contributed by atoms with Crippen LogP contribution < -0.4 is 0 Å². The molecule has 0 bridgehead atoms. The number of carboxylic acid groups (broad SMARTS) is 1. The Morgan fingerprint density at radius 3 is 2.65 bits per heavy atom. The number of hydrogen-bond acceptors (Lipinski definition) is 3. The zero-order valence-electron chi connectivity index (χ0n) is 9.42. The molecule has 1 heterocycles. The van der Waals surface area contributed by atoms with E-state index < -0.39 is 5.97 Å². The fourth-order valence-electron chi connectivity index (χ4n) is 1.92. The van der Waals surface area contributed by atoms with Gasteiger partial charge < -0.3 is 14.7 Å². The molecule has 0 aromatic heterocycles. The minimum absolute atomic E-state index is 0.0425. The van der Waals surface area contributed by atoms with Gasteiger partial charge in [0.1, 0.15) is 0 Å². The van der Waals surface area contributed by atoms with Crippen LogP contribution in [-0.4, -0.2) is 35.7 Å². The fraction of sp³-hybridized carbons (Fsp3) is 0.333. The van der Waals surface area contributed by atoms with E-state index in [2.05, 4.69) is 0 Å². The highest BCUT2D eigenvalue weighted by Gasteiger charge is 2.27. The van der Waals surface area contributed by atoms with Gasteiger partial charge in [0.25, 0.3) is 0 Å². The quantitative estimate of drug-likeness (QED) is 0.850. The Hall–Kier alpha value is -2.04. The molecule has 5 heteroatoms. The van der Waals surface area contributed by atoms with Crippen molar-refractivity contribution in [1.29, 1.82) is 0 Å². The first-order chi connectivity index (χ1) is 8.09. The predicted molar refractivity (Wildman–Crippen MR) is 59.9 cm³/mol. The molecule has 1 saturated heterocycles. The van der Waals surface area contributed by atoms with E-state index in [1.807, 2.05) is 0 Å². The van der Waals surface area contributed by atoms with Crippen LogP contribution in [0.3, 0.4) is 0 Å². The number of nitrogens with zero attached hydrogens (tertiary/aromatic N) is 1. The summed E-state index contributed by atoms with van der Waals surface area (Å²) in [6, 6.07) is 6.53. The highest BCUT2D eigenvalue weighted by molar-refractivity contribution is 5.87. The number of carboxylic acids is 1. The molecule has 0 spiro atoms. The molecule has 1 aliphatic rings. The summed E-state index contributed by atoms with van der Waals surface area (Å²) in [4.78, 5) is 23.6. The Morgan fingerprint density at radius 2 is 2.06 bits per heavy atom. The number of carbonyl (C=O) groups is 2. The normalized spacial score (nSPS) is 19.9. The van der Waals surface area contributed by atoms with Crippen molar-refractivity contribution in [3.8, 4) is 0 Å². The van der Waals surface area contributed by atoms with Crippen molar-refractivity contribution in [2.75, 3.05) is 13.7 Å². The number of carbonyl (C=O) groups excluding carboxylic acids is 1. The first-order valence-electron chi connectivity index (χ1n) is 5.32. The smallest absolute Gasteiger partial charge is 0.410 e. The summed E-state index contributed by atoms with van der Waals surface area (Å²) in [5, 5.41) is 8.80. The Bertz CT molecular complexity index is 440. The summed E-state index contributed by atoms with van der Waals surface area (Å²) in [6.45, 7) is 0.397. The largest absolute Gasteiger partial charge is 0.478 e. The Kier molecular flexibility index (Phi) is 2.99. The van der Waals surface area contributed by atoms with Crippen molar-refractivity contribution in [1.82, 2.24) is 4.90 Å². The Morgan fingerprint density at radius 1 is 1.41 bits per heavy atom. The topological polar surface area (TPSA) is 66.8 Å². The molecule has 0 saturated carbocycles. The predicted octanol–water partition coefficient (Wildman–Crippen LogP) is 1.90. The number of amides is 1. The summed E-state index contributed by atoms with van der Waals surface area (Å²) >= 11 is 0. The van der Waals surface area contributed by atoms with E-state index in [4.69, 9.17) is 9.84 Å². The number of benzene rings is 1. The first kappa shape index (κ1) is 11.4. The molecule has 1 fully saturated rings. The van der Waals surface area contributed by atoms with Crippen LogP contribution in [0.2, 0.25) is 0 Å². The van der Waals surface area contributed by atoms with E-state index in [1.165, 1.54) is 4.90 Å². The van der Waals surface area contributed by atoms with Crippen molar-refractivity contribution >= 4 is 12.1 Å². The zero-order valence-corrected chi connectivity index (χ0v) is 9.42. The highest BCUT2D eigenvalue weighted by atomic mass is 16.6. The maximum Gasteiger partial charge on any atom is 0.410 e. The molecule has 17 heavy (non-hydrogen) atoms. The molecule has 0 aliphatic carbocycles. The third-order valence-corrected chi connectivity index (χ3v) is 2.91. The van der Waals surface area contributed by atoms with E-state index in [9.17, 15) is 9.59 Å². The molecule has 1 aliphatic heterocycles. The average Bonchev–Trinajstić information content (AvgIpc) is 2.33. The van der Waals surface area contributed by atoms with Crippen LogP contribution in [0.1, 0.15) is 28.4 Å². The van der Waals surface area contributed by atoms with Crippen molar-refractivity contribution in [3.05, 3.63) is 35.4 Å². The first-order valence-corrected chi connectivity index (χ1v) is 5.32. The molecule has 2 rings (SSSR count). The van der Waals surface area contributed by atoms with Gasteiger partial charge in [-0.1, -0.05) is 12.1 Å². The SMILES string of the molecule is CN1C(=O)OCCC1c1ccc(C(=O)O)cc1. The summed E-state index contributed by atoms with van der Waals surface area (Å²) in [6.07, 6.45) is 0.373. The second kappa shape index (κ2) is 4.45. The summed E-state index contributed by atoms with van der Waals surface area (Å²) in [5.41, 5.74) is 1.17. The van der Waals surface area contributed by atoms with Crippen molar-refractivity contribution in [2.45, 2.75) is 12.5 Å². The summed E-state index contributed by atoms with van der Waals surface area (Å²) in [7, 11) is 1.68. The molecule has 1 amide bonds. The standard InChI is InChI=1S/C12H13NO4/c1-13-10(6-7-17-12(13)16)8-2-4-9(5-3-8)11(14)15/h2-5,10H,6-7H2,1H3,(H,14,15). The van der Waals surface area contributed by atoms with E-state index in [0.717, 1.165) is 5.56 Å². The minimum Gasteiger partial charge on any atom is -0.478 e. The van der Waals surface area contributed by atoms with Crippen LogP contribution >= 0.6 is 0 Å². The lowest BCUT2D eigenvalue weighted by Gasteiger charge is -2.32. The van der Waals surface area contributed by atoms with Gasteiger partial charge in [-0.15, -0.1) is 0 Å². The number of ether oxygens (including phenoxy) is 1. The van der Waals surface area contributed by atoms with Crippen LogP contribution in [0, 0.1) is 0 Å². The molecule has 1 aromatic carbocycles. The van der Waals surface area contributed by atoms with Crippen LogP contribution in [-0.2, 0) is 4.74 Å². The van der Waals surface area contributed by atoms with Gasteiger partial charge in [0.05, 0.1) is 18.2 Å². The lowest BCUT2D eigenvalue weighted by atomic mass is 10.0. The van der Waals surface area contributed by atoms with Crippen molar-refractivity contribution < 1.29 is 19.4 Å². The number of hydrogen-bond donors (Lipinski definition) is 1. The molecule has 1 aromatic rings. The van der Waals surface area contributed by atoms with Gasteiger partial charge in [-0.2, -0.15) is 0 Å². The molecule has 1 N–H and O–H groups in total. The van der Waals surface area contributed by atoms with Gasteiger partial charge in [0.15, 0.2) is 0 Å². The molecular formula is C12H13NO4. The lowest BCUT2D eigenvalue weighted by molar-refractivity contribution is 0.0558. The average molecular weight is 235 g/mol. The summed E-state index contributed by atoms with van der Waals surface area (Å²) < 4.78 is 4.90. The number of rotatable bonds is 2. The second-order valence-electron chi connectivity index (χ2n) is 3.96. The highest BCUT2D eigenvalue weighted by Crippen LogP contribution is 2.27. The monoisotopic (exact) mass is 235 g/mol. The van der Waals surface area contributed by atoms with Gasteiger partial charge in [-0.05, 0) is 17.7 Å². The van der Waals surface area contributed by atoms with E-state index in [-0.39, 0.29) is 17.7 Å². The Labute approximate surface area is 98.6 Å². The van der Waals surface area contributed by atoms with E-state index in [1.54, 1.807) is 31.3 Å². The van der Waals surface area contributed by atoms with Crippen LogP contribution in [0.25, 0.3) is 0 Å². The maximum atomic E-state index is 11.4. The second-order valence-corrected chi connectivity index (χ2v) is 3.96. The van der Waals surface area contributed by atoms with Gasteiger partial charge in [0, 0.05) is 13.5 Å². The summed E-state index contributed by atoms with van der Waals surface area (Å²) in [5.74, 6) is -0.951. The molecule has 1 unspecified atom stereocenters. The van der Waals surface area contributed by atoms with Gasteiger partial charge in [-0.3, -0.25) is 0 Å². The molecule has 0 radical (unpaired) electrons. The van der Waals surface area contributed by atoms with E-state index in [0.29, 0.717) is 13.0 Å². The molecular weight excluding hydrogens is 222 g/mol. The Balaban J connectivity index is 2.22. The van der Waals surface area contributed by atoms with Gasteiger partial charge in [-0.25, -0.2) is 9.59 Å². The van der Waals surface area contributed by atoms with Crippen molar-refractivity contribution in [3.63, 3.8) is 0 Å². The minimum atomic E-state index is -0.951. The molecule has 90 valence electrons. The van der Waals surface area contributed by atoms with E-state index >= 15 is 0 Å². The van der Waals surface area contributed by atoms with Gasteiger partial charge >= 0.3 is 12.1 Å². The van der Waals surface area contributed by atoms with Crippen molar-refractivity contribution in [2.24, 2.45) is 0 Å². The molecule has 1 atom stereocenters. The third-order valence-electron chi connectivity index (χ3n) is 2.91. The third kappa shape index (κ3) is 2.22. The fourth-order valence-corrected chi connectivity index (χ4v) is 1.92. The lowest BCUT2D eigenvalue weighted by Crippen LogP contribution is -2.37. The zero-order chi connectivity index (χ0) is 12.4. The van der Waals surface area contributed by atoms with Crippen LogP contribution in [0.15, 0.2) is 24.3 Å². The van der Waals surface area contributed by atoms with Crippen LogP contribution in [0.5, 0.6) is 0 Å². The number of cyclic esters (lactones) is 1. The maximum absolute atomic E-state index is 11.4.